The molecule has 0 saturated heterocycles. The summed E-state index contributed by atoms with van der Waals surface area (Å²) in [7, 11) is 0. The van der Waals surface area contributed by atoms with Crippen molar-refractivity contribution in [3.8, 4) is 0 Å². The molecule has 0 aliphatic carbocycles. The smallest absolute Gasteiger partial charge is 0.410 e. The molecule has 2 heterocycles. The van der Waals surface area contributed by atoms with Gasteiger partial charge in [0.1, 0.15) is 5.60 Å². The Hall–Kier alpha value is -2.30. The average Bonchev–Trinajstić information content (AvgIpc) is 2.89. The molecular formula is C18H23N3O2. The summed E-state index contributed by atoms with van der Waals surface area (Å²) < 4.78 is 7.61. The zero-order valence-electron chi connectivity index (χ0n) is 14.0. The lowest BCUT2D eigenvalue weighted by atomic mass is 10.1. The Balaban J connectivity index is 1.75. The summed E-state index contributed by atoms with van der Waals surface area (Å²) in [6.07, 6.45) is 2.39. The van der Waals surface area contributed by atoms with E-state index in [4.69, 9.17) is 4.74 Å². The van der Waals surface area contributed by atoms with Crippen molar-refractivity contribution < 1.29 is 9.53 Å². The molecule has 1 aliphatic heterocycles. The van der Waals surface area contributed by atoms with E-state index >= 15 is 0 Å². The van der Waals surface area contributed by atoms with Crippen LogP contribution in [0.4, 0.5) is 4.79 Å². The summed E-state index contributed by atoms with van der Waals surface area (Å²) in [5.41, 5.74) is 2.94. The number of hydrogen-bond acceptors (Lipinski definition) is 3. The number of nitrogens with zero attached hydrogens (tertiary/aromatic N) is 3. The highest BCUT2D eigenvalue weighted by atomic mass is 16.6. The van der Waals surface area contributed by atoms with Crippen LogP contribution in [0, 0.1) is 0 Å². The fraction of sp³-hybridized carbons (Fsp3) is 0.444. The monoisotopic (exact) mass is 313 g/mol. The molecule has 0 fully saturated rings. The first-order chi connectivity index (χ1) is 10.9. The third kappa shape index (κ3) is 3.73. The first kappa shape index (κ1) is 15.6. The molecule has 5 nitrogen and oxygen atoms in total. The van der Waals surface area contributed by atoms with Crippen molar-refractivity contribution in [2.45, 2.75) is 45.9 Å². The number of carbonyl (C=O) groups is 1. The third-order valence-electron chi connectivity index (χ3n) is 3.84. The largest absolute Gasteiger partial charge is 0.444 e. The molecule has 0 spiro atoms. The van der Waals surface area contributed by atoms with Crippen molar-refractivity contribution in [3.05, 3.63) is 53.6 Å². The Morgan fingerprint density at radius 2 is 2.00 bits per heavy atom. The van der Waals surface area contributed by atoms with Gasteiger partial charge in [0.15, 0.2) is 0 Å². The number of ether oxygens (including phenoxy) is 1. The maximum Gasteiger partial charge on any atom is 0.410 e. The van der Waals surface area contributed by atoms with Crippen LogP contribution < -0.4 is 0 Å². The zero-order chi connectivity index (χ0) is 16.4. The Morgan fingerprint density at radius 1 is 1.26 bits per heavy atom. The quantitative estimate of drug-likeness (QED) is 0.855. The molecule has 5 heteroatoms. The number of aromatic nitrogens is 2. The minimum atomic E-state index is -0.471. The molecule has 0 bridgehead atoms. The van der Waals surface area contributed by atoms with Gasteiger partial charge in [0.2, 0.25) is 0 Å². The van der Waals surface area contributed by atoms with Crippen LogP contribution in [0.3, 0.4) is 0 Å². The number of carbonyl (C=O) groups excluding carboxylic acids is 1. The van der Waals surface area contributed by atoms with E-state index in [0.29, 0.717) is 13.1 Å². The number of amides is 1. The molecule has 0 N–H and O–H groups in total. The van der Waals surface area contributed by atoms with Gasteiger partial charge in [0.25, 0.3) is 0 Å². The lowest BCUT2D eigenvalue weighted by Gasteiger charge is -2.30. The molecule has 1 amide bonds. The highest BCUT2D eigenvalue weighted by Gasteiger charge is 2.28. The zero-order valence-corrected chi connectivity index (χ0v) is 14.0. The highest BCUT2D eigenvalue weighted by molar-refractivity contribution is 5.68. The van der Waals surface area contributed by atoms with Crippen molar-refractivity contribution in [2.75, 3.05) is 6.54 Å². The maximum atomic E-state index is 12.3. The van der Waals surface area contributed by atoms with Crippen molar-refractivity contribution >= 4 is 6.09 Å². The van der Waals surface area contributed by atoms with E-state index in [1.54, 1.807) is 4.90 Å². The first-order valence-corrected chi connectivity index (χ1v) is 7.97. The topological polar surface area (TPSA) is 47.4 Å². The summed E-state index contributed by atoms with van der Waals surface area (Å²) in [6, 6.07) is 10.3. The van der Waals surface area contributed by atoms with Gasteiger partial charge in [-0.3, -0.25) is 0 Å². The van der Waals surface area contributed by atoms with Crippen LogP contribution in [0.25, 0.3) is 0 Å². The van der Waals surface area contributed by atoms with Crippen LogP contribution in [0.2, 0.25) is 0 Å². The second-order valence-corrected chi connectivity index (χ2v) is 6.90. The number of rotatable bonds is 2. The third-order valence-corrected chi connectivity index (χ3v) is 3.84. The van der Waals surface area contributed by atoms with E-state index in [-0.39, 0.29) is 6.09 Å². The lowest BCUT2D eigenvalue weighted by Crippen LogP contribution is -2.40. The molecule has 122 valence electrons. The van der Waals surface area contributed by atoms with Gasteiger partial charge in [-0.05, 0) is 26.3 Å². The number of benzene rings is 1. The molecular weight excluding hydrogens is 290 g/mol. The van der Waals surface area contributed by atoms with Crippen LogP contribution in [-0.2, 0) is 24.2 Å². The second-order valence-electron chi connectivity index (χ2n) is 6.90. The minimum absolute atomic E-state index is 0.254. The Labute approximate surface area is 136 Å². The molecule has 0 atom stereocenters. The van der Waals surface area contributed by atoms with Crippen molar-refractivity contribution in [1.82, 2.24) is 14.5 Å². The van der Waals surface area contributed by atoms with Gasteiger partial charge in [-0.15, -0.1) is 0 Å². The fourth-order valence-electron chi connectivity index (χ4n) is 2.74. The Bertz CT molecular complexity index is 686. The Kier molecular flexibility index (Phi) is 4.11. The van der Waals surface area contributed by atoms with Crippen LogP contribution in [0.5, 0.6) is 0 Å². The van der Waals surface area contributed by atoms with Crippen LogP contribution in [0.15, 0.2) is 36.7 Å². The van der Waals surface area contributed by atoms with E-state index in [1.807, 2.05) is 45.3 Å². The minimum Gasteiger partial charge on any atom is -0.444 e. The first-order valence-electron chi connectivity index (χ1n) is 7.97. The van der Waals surface area contributed by atoms with Gasteiger partial charge in [0, 0.05) is 19.5 Å². The summed E-state index contributed by atoms with van der Waals surface area (Å²) in [5.74, 6) is 0. The lowest BCUT2D eigenvalue weighted by molar-refractivity contribution is 0.0218. The van der Waals surface area contributed by atoms with E-state index in [0.717, 1.165) is 24.4 Å². The van der Waals surface area contributed by atoms with E-state index in [9.17, 15) is 4.79 Å². The van der Waals surface area contributed by atoms with Gasteiger partial charge < -0.3 is 14.2 Å². The molecule has 3 rings (SSSR count). The van der Waals surface area contributed by atoms with E-state index < -0.39 is 5.60 Å². The molecule has 1 aliphatic rings. The van der Waals surface area contributed by atoms with E-state index in [1.165, 1.54) is 5.56 Å². The summed E-state index contributed by atoms with van der Waals surface area (Å²) in [4.78, 5) is 18.6. The van der Waals surface area contributed by atoms with Crippen LogP contribution in [-0.4, -0.2) is 32.7 Å². The number of imidazole rings is 1. The average molecular weight is 313 g/mol. The highest BCUT2D eigenvalue weighted by Crippen LogP contribution is 2.21. The standard InChI is InChI=1S/C18H23N3O2/c1-18(2,3)23-17(22)20-10-9-15-16(12-20)21(13-19-15)11-14-7-5-4-6-8-14/h4-8,13H,9-12H2,1-3H3. The van der Waals surface area contributed by atoms with Crippen LogP contribution in [0.1, 0.15) is 37.7 Å². The van der Waals surface area contributed by atoms with Crippen molar-refractivity contribution in [3.63, 3.8) is 0 Å². The van der Waals surface area contributed by atoms with Gasteiger partial charge in [-0.2, -0.15) is 0 Å². The van der Waals surface area contributed by atoms with Gasteiger partial charge >= 0.3 is 6.09 Å². The molecule has 2 aromatic rings. The SMILES string of the molecule is CC(C)(C)OC(=O)N1CCc2ncn(Cc3ccccc3)c2C1. The molecule has 23 heavy (non-hydrogen) atoms. The number of fused-ring (bicyclic) bond motifs is 1. The van der Waals surface area contributed by atoms with E-state index in [2.05, 4.69) is 21.7 Å². The second kappa shape index (κ2) is 6.07. The normalized spacial score (nSPS) is 14.5. The van der Waals surface area contributed by atoms with Gasteiger partial charge in [-0.1, -0.05) is 30.3 Å². The molecule has 0 unspecified atom stereocenters. The van der Waals surface area contributed by atoms with Crippen molar-refractivity contribution in [2.24, 2.45) is 0 Å². The fourth-order valence-corrected chi connectivity index (χ4v) is 2.74. The van der Waals surface area contributed by atoms with Crippen LogP contribution >= 0.6 is 0 Å². The predicted octanol–water partition coefficient (Wildman–Crippen LogP) is 3.22. The Morgan fingerprint density at radius 3 is 2.70 bits per heavy atom. The number of hydrogen-bond donors (Lipinski definition) is 0. The summed E-state index contributed by atoms with van der Waals surface area (Å²) in [6.45, 7) is 7.65. The molecule has 1 aromatic carbocycles. The summed E-state index contributed by atoms with van der Waals surface area (Å²) in [5, 5.41) is 0. The predicted molar refractivity (Wildman–Crippen MR) is 88.1 cm³/mol. The maximum absolute atomic E-state index is 12.3. The van der Waals surface area contributed by atoms with Gasteiger partial charge in [-0.25, -0.2) is 9.78 Å². The van der Waals surface area contributed by atoms with Crippen molar-refractivity contribution in [1.29, 1.82) is 0 Å². The van der Waals surface area contributed by atoms with Gasteiger partial charge in [0.05, 0.1) is 24.3 Å². The molecule has 1 aromatic heterocycles. The summed E-state index contributed by atoms with van der Waals surface area (Å²) >= 11 is 0. The molecule has 0 radical (unpaired) electrons. The molecule has 0 saturated carbocycles.